The highest BCUT2D eigenvalue weighted by Gasteiger charge is 2.07. The minimum Gasteiger partial charge on any atom is -0.366 e. The average Bonchev–Trinajstić information content (AvgIpc) is 2.74. The number of nitrogen functional groups attached to an aromatic ring is 1. The molecule has 2 heterocycles. The Balaban J connectivity index is 2.18. The summed E-state index contributed by atoms with van der Waals surface area (Å²) in [7, 11) is 0. The number of benzene rings is 1. The molecule has 7 heteroatoms. The minimum absolute atomic E-state index is 0.243. The SMILES string of the molecule is Nc1nnc2ccc(-c3ccc(Cl)c(Cl)c3)nn12. The van der Waals surface area contributed by atoms with Gasteiger partial charge in [0.05, 0.1) is 15.7 Å². The van der Waals surface area contributed by atoms with Crippen LogP contribution in [0.3, 0.4) is 0 Å². The maximum absolute atomic E-state index is 5.98. The van der Waals surface area contributed by atoms with Gasteiger partial charge in [-0.2, -0.15) is 9.61 Å². The number of rotatable bonds is 1. The second kappa shape index (κ2) is 4.12. The molecule has 90 valence electrons. The second-order valence-corrected chi connectivity index (χ2v) is 4.49. The quantitative estimate of drug-likeness (QED) is 0.744. The zero-order chi connectivity index (χ0) is 12.7. The van der Waals surface area contributed by atoms with E-state index >= 15 is 0 Å². The number of fused-ring (bicyclic) bond motifs is 1. The Hall–Kier alpha value is -1.85. The summed E-state index contributed by atoms with van der Waals surface area (Å²) >= 11 is 11.8. The third-order valence-corrected chi connectivity index (χ3v) is 3.24. The molecule has 0 saturated carbocycles. The number of halogens is 2. The normalized spacial score (nSPS) is 11.0. The van der Waals surface area contributed by atoms with Crippen LogP contribution in [0.15, 0.2) is 30.3 Å². The zero-order valence-corrected chi connectivity index (χ0v) is 10.5. The molecule has 0 saturated heterocycles. The first-order chi connectivity index (χ1) is 8.65. The van der Waals surface area contributed by atoms with Gasteiger partial charge in [-0.1, -0.05) is 29.3 Å². The summed E-state index contributed by atoms with van der Waals surface area (Å²) < 4.78 is 1.47. The molecule has 0 spiro atoms. The van der Waals surface area contributed by atoms with Crippen LogP contribution in [0.2, 0.25) is 10.0 Å². The van der Waals surface area contributed by atoms with Crippen molar-refractivity contribution in [1.29, 1.82) is 0 Å². The molecule has 2 aromatic heterocycles. The maximum atomic E-state index is 5.98. The van der Waals surface area contributed by atoms with Gasteiger partial charge in [0, 0.05) is 5.56 Å². The summed E-state index contributed by atoms with van der Waals surface area (Å²) in [6.07, 6.45) is 0. The Kier molecular flexibility index (Phi) is 2.57. The molecule has 18 heavy (non-hydrogen) atoms. The Morgan fingerprint density at radius 3 is 2.61 bits per heavy atom. The molecule has 0 aliphatic heterocycles. The lowest BCUT2D eigenvalue weighted by Crippen LogP contribution is -1.99. The van der Waals surface area contributed by atoms with Gasteiger partial charge in [-0.05, 0) is 24.3 Å². The Labute approximate surface area is 112 Å². The van der Waals surface area contributed by atoms with E-state index in [9.17, 15) is 0 Å². The summed E-state index contributed by atoms with van der Waals surface area (Å²) in [6, 6.07) is 8.92. The van der Waals surface area contributed by atoms with E-state index in [4.69, 9.17) is 28.9 Å². The number of nitrogens with two attached hydrogens (primary N) is 1. The van der Waals surface area contributed by atoms with Gasteiger partial charge in [0.25, 0.3) is 0 Å². The zero-order valence-electron chi connectivity index (χ0n) is 9.01. The van der Waals surface area contributed by atoms with Crippen LogP contribution in [-0.4, -0.2) is 19.8 Å². The Bertz CT molecular complexity index is 737. The molecule has 0 aliphatic carbocycles. The van der Waals surface area contributed by atoms with Gasteiger partial charge in [0.15, 0.2) is 5.65 Å². The summed E-state index contributed by atoms with van der Waals surface area (Å²) in [5.41, 5.74) is 7.81. The lowest BCUT2D eigenvalue weighted by Gasteiger charge is -2.03. The smallest absolute Gasteiger partial charge is 0.243 e. The van der Waals surface area contributed by atoms with Crippen molar-refractivity contribution in [2.45, 2.75) is 0 Å². The standard InChI is InChI=1S/C11H7Cl2N5/c12-7-2-1-6(5-8(7)13)9-3-4-10-15-16-11(14)18(10)17-9/h1-5H,(H2,14,16). The monoisotopic (exact) mass is 279 g/mol. The van der Waals surface area contributed by atoms with Gasteiger partial charge in [0.1, 0.15) is 0 Å². The van der Waals surface area contributed by atoms with E-state index in [0.717, 1.165) is 5.56 Å². The van der Waals surface area contributed by atoms with E-state index in [0.29, 0.717) is 21.4 Å². The molecule has 0 aliphatic rings. The first-order valence-corrected chi connectivity index (χ1v) is 5.84. The van der Waals surface area contributed by atoms with Gasteiger partial charge < -0.3 is 5.73 Å². The third kappa shape index (κ3) is 1.77. The molecule has 0 unspecified atom stereocenters. The van der Waals surface area contributed by atoms with Gasteiger partial charge in [0.2, 0.25) is 5.95 Å². The van der Waals surface area contributed by atoms with Crippen molar-refractivity contribution in [2.75, 3.05) is 5.73 Å². The third-order valence-electron chi connectivity index (χ3n) is 2.50. The Morgan fingerprint density at radius 2 is 1.83 bits per heavy atom. The van der Waals surface area contributed by atoms with E-state index in [1.165, 1.54) is 4.52 Å². The fourth-order valence-corrected chi connectivity index (χ4v) is 1.91. The average molecular weight is 280 g/mol. The maximum Gasteiger partial charge on any atom is 0.243 e. The van der Waals surface area contributed by atoms with E-state index < -0.39 is 0 Å². The first kappa shape index (κ1) is 11.3. The van der Waals surface area contributed by atoms with Crippen molar-refractivity contribution in [1.82, 2.24) is 19.8 Å². The number of hydrogen-bond donors (Lipinski definition) is 1. The van der Waals surface area contributed by atoms with Crippen LogP contribution >= 0.6 is 23.2 Å². The lowest BCUT2D eigenvalue weighted by atomic mass is 10.1. The molecule has 0 amide bonds. The fourth-order valence-electron chi connectivity index (χ4n) is 1.61. The van der Waals surface area contributed by atoms with Crippen molar-refractivity contribution in [2.24, 2.45) is 0 Å². The molecule has 2 N–H and O–H groups in total. The van der Waals surface area contributed by atoms with Crippen LogP contribution in [0.25, 0.3) is 16.9 Å². The number of aromatic nitrogens is 4. The number of nitrogens with zero attached hydrogens (tertiary/aromatic N) is 4. The highest BCUT2D eigenvalue weighted by molar-refractivity contribution is 6.42. The van der Waals surface area contributed by atoms with Crippen LogP contribution < -0.4 is 5.73 Å². The molecule has 1 aromatic carbocycles. The van der Waals surface area contributed by atoms with E-state index in [2.05, 4.69) is 15.3 Å². The van der Waals surface area contributed by atoms with Crippen molar-refractivity contribution < 1.29 is 0 Å². The molecule has 0 radical (unpaired) electrons. The number of hydrogen-bond acceptors (Lipinski definition) is 4. The van der Waals surface area contributed by atoms with Crippen molar-refractivity contribution in [3.05, 3.63) is 40.4 Å². The van der Waals surface area contributed by atoms with Crippen molar-refractivity contribution >= 4 is 34.8 Å². The van der Waals surface area contributed by atoms with Crippen molar-refractivity contribution in [3.63, 3.8) is 0 Å². The van der Waals surface area contributed by atoms with Crippen LogP contribution in [0.4, 0.5) is 5.95 Å². The van der Waals surface area contributed by atoms with Crippen LogP contribution in [0, 0.1) is 0 Å². The number of anilines is 1. The second-order valence-electron chi connectivity index (χ2n) is 3.68. The highest BCUT2D eigenvalue weighted by Crippen LogP contribution is 2.27. The summed E-state index contributed by atoms with van der Waals surface area (Å²) in [5.74, 6) is 0.243. The van der Waals surface area contributed by atoms with E-state index in [1.807, 2.05) is 12.1 Å². The predicted octanol–water partition coefficient (Wildman–Crippen LogP) is 2.68. The predicted molar refractivity (Wildman–Crippen MR) is 70.7 cm³/mol. The minimum atomic E-state index is 0.243. The van der Waals surface area contributed by atoms with Gasteiger partial charge >= 0.3 is 0 Å². The van der Waals surface area contributed by atoms with Crippen LogP contribution in [0.5, 0.6) is 0 Å². The summed E-state index contributed by atoms with van der Waals surface area (Å²) in [6.45, 7) is 0. The van der Waals surface area contributed by atoms with Gasteiger partial charge in [-0.25, -0.2) is 0 Å². The Morgan fingerprint density at radius 1 is 1.00 bits per heavy atom. The summed E-state index contributed by atoms with van der Waals surface area (Å²) in [5, 5.41) is 12.9. The van der Waals surface area contributed by atoms with Gasteiger partial charge in [-0.15, -0.1) is 10.2 Å². The van der Waals surface area contributed by atoms with Crippen LogP contribution in [-0.2, 0) is 0 Å². The molecule has 3 rings (SSSR count). The molecular weight excluding hydrogens is 273 g/mol. The largest absolute Gasteiger partial charge is 0.366 e. The van der Waals surface area contributed by atoms with E-state index in [1.54, 1.807) is 18.2 Å². The van der Waals surface area contributed by atoms with Gasteiger partial charge in [-0.3, -0.25) is 0 Å². The first-order valence-electron chi connectivity index (χ1n) is 5.08. The molecule has 0 atom stereocenters. The fraction of sp³-hybridized carbons (Fsp3) is 0. The molecular formula is C11H7Cl2N5. The topological polar surface area (TPSA) is 69.1 Å². The molecule has 5 nitrogen and oxygen atoms in total. The molecule has 0 bridgehead atoms. The van der Waals surface area contributed by atoms with Crippen molar-refractivity contribution in [3.8, 4) is 11.3 Å². The summed E-state index contributed by atoms with van der Waals surface area (Å²) in [4.78, 5) is 0. The molecule has 0 fully saturated rings. The lowest BCUT2D eigenvalue weighted by molar-refractivity contribution is 0.946. The van der Waals surface area contributed by atoms with Crippen LogP contribution in [0.1, 0.15) is 0 Å². The van der Waals surface area contributed by atoms with E-state index in [-0.39, 0.29) is 5.95 Å². The highest BCUT2D eigenvalue weighted by atomic mass is 35.5. The molecule has 3 aromatic rings.